The van der Waals surface area contributed by atoms with Crippen molar-refractivity contribution < 1.29 is 8.83 Å². The number of fused-ring (bicyclic) bond motifs is 22. The molecular formula is C100H72N2O2. The van der Waals surface area contributed by atoms with Crippen molar-refractivity contribution in [1.82, 2.24) is 8.80 Å². The first-order valence-corrected chi connectivity index (χ1v) is 37.3. The smallest absolute Gasteiger partial charge is 0.143 e. The van der Waals surface area contributed by atoms with Crippen molar-refractivity contribution in [2.24, 2.45) is 0 Å². The number of rotatable bonds is 11. The molecule has 0 bridgehead atoms. The minimum absolute atomic E-state index is 0.370. The van der Waals surface area contributed by atoms with Crippen molar-refractivity contribution in [3.63, 3.8) is 0 Å². The third-order valence-electron chi connectivity index (χ3n) is 24.1. The van der Waals surface area contributed by atoms with E-state index in [1.165, 1.54) is 175 Å². The van der Waals surface area contributed by atoms with Crippen LogP contribution in [0.1, 0.15) is 100 Å². The van der Waals surface area contributed by atoms with E-state index in [-0.39, 0.29) is 0 Å². The molecule has 16 aromatic carbocycles. The first-order chi connectivity index (χ1) is 50.9. The predicted octanol–water partition coefficient (Wildman–Crippen LogP) is 29.0. The van der Waals surface area contributed by atoms with Crippen molar-refractivity contribution in [2.45, 2.75) is 78.1 Å². The maximum Gasteiger partial charge on any atom is 0.143 e. The number of aromatic nitrogens is 2. The van der Waals surface area contributed by atoms with Gasteiger partial charge in [-0.05, 0) is 238 Å². The van der Waals surface area contributed by atoms with E-state index in [4.69, 9.17) is 8.83 Å². The van der Waals surface area contributed by atoms with E-state index in [0.717, 1.165) is 67.8 Å². The Morgan fingerprint density at radius 1 is 0.240 bits per heavy atom. The molecule has 0 N–H and O–H groups in total. The van der Waals surface area contributed by atoms with E-state index < -0.39 is 0 Å². The van der Waals surface area contributed by atoms with Gasteiger partial charge in [-0.1, -0.05) is 224 Å². The molecule has 0 aliphatic carbocycles. The molecule has 22 aromatic rings. The summed E-state index contributed by atoms with van der Waals surface area (Å²) in [5, 5.41) is 25.1. The van der Waals surface area contributed by atoms with Crippen molar-refractivity contribution in [3.8, 4) is 44.5 Å². The van der Waals surface area contributed by atoms with Crippen LogP contribution in [-0.4, -0.2) is 8.80 Å². The average Bonchev–Trinajstić information content (AvgIpc) is 1.54. The van der Waals surface area contributed by atoms with E-state index >= 15 is 0 Å². The molecule has 22 rings (SSSR count). The molecule has 0 aliphatic rings. The van der Waals surface area contributed by atoms with Gasteiger partial charge in [0.15, 0.2) is 0 Å². The summed E-state index contributed by atoms with van der Waals surface area (Å²) in [5.74, 6) is 1.64. The molecule has 6 heterocycles. The van der Waals surface area contributed by atoms with Gasteiger partial charge >= 0.3 is 0 Å². The highest BCUT2D eigenvalue weighted by molar-refractivity contribution is 6.29. The summed E-state index contributed by atoms with van der Waals surface area (Å²) < 4.78 is 17.9. The van der Waals surface area contributed by atoms with Gasteiger partial charge in [0.2, 0.25) is 0 Å². The van der Waals surface area contributed by atoms with Gasteiger partial charge in [-0.3, -0.25) is 0 Å². The molecule has 0 saturated heterocycles. The zero-order valence-corrected chi connectivity index (χ0v) is 59.0. The lowest BCUT2D eigenvalue weighted by Crippen LogP contribution is -1.99. The molecule has 6 aromatic heterocycles. The second-order valence-corrected chi connectivity index (χ2v) is 30.8. The van der Waals surface area contributed by atoms with Gasteiger partial charge in [0.05, 0.1) is 33.1 Å². The zero-order valence-electron chi connectivity index (χ0n) is 59.0. The van der Waals surface area contributed by atoms with Gasteiger partial charge in [-0.15, -0.1) is 0 Å². The van der Waals surface area contributed by atoms with E-state index in [1.807, 2.05) is 12.1 Å². The second kappa shape index (κ2) is 22.1. The Bertz CT molecular complexity index is 7370. The Kier molecular flexibility index (Phi) is 12.7. The minimum atomic E-state index is 0.370. The molecule has 0 radical (unpaired) electrons. The lowest BCUT2D eigenvalue weighted by Gasteiger charge is -2.17. The van der Waals surface area contributed by atoms with E-state index in [9.17, 15) is 0 Å². The summed E-state index contributed by atoms with van der Waals surface area (Å²) in [7, 11) is 0. The van der Waals surface area contributed by atoms with Gasteiger partial charge in [-0.25, -0.2) is 0 Å². The van der Waals surface area contributed by atoms with Crippen molar-refractivity contribution >= 4 is 163 Å². The van der Waals surface area contributed by atoms with Gasteiger partial charge < -0.3 is 17.6 Å². The molecule has 0 saturated carbocycles. The molecule has 0 spiro atoms. The number of furan rings is 2. The van der Waals surface area contributed by atoms with Crippen LogP contribution in [0, 0.1) is 0 Å². The molecule has 2 unspecified atom stereocenters. The first kappa shape index (κ1) is 59.4. The van der Waals surface area contributed by atoms with E-state index in [2.05, 4.69) is 317 Å². The van der Waals surface area contributed by atoms with Crippen molar-refractivity contribution in [1.29, 1.82) is 0 Å². The lowest BCUT2D eigenvalue weighted by molar-refractivity contribution is 0.574. The van der Waals surface area contributed by atoms with Crippen LogP contribution in [0.3, 0.4) is 0 Å². The van der Waals surface area contributed by atoms with E-state index in [0.29, 0.717) is 23.7 Å². The van der Waals surface area contributed by atoms with Gasteiger partial charge in [0.25, 0.3) is 0 Å². The molecular weight excluding hydrogens is 1260 g/mol. The summed E-state index contributed by atoms with van der Waals surface area (Å²) in [6.07, 6.45) is 2.16. The molecule has 0 fully saturated rings. The number of para-hydroxylation sites is 3. The summed E-state index contributed by atoms with van der Waals surface area (Å²) >= 11 is 0. The quantitative estimate of drug-likeness (QED) is 0.129. The summed E-state index contributed by atoms with van der Waals surface area (Å²) in [6, 6.07) is 106. The van der Waals surface area contributed by atoms with Crippen LogP contribution in [0.5, 0.6) is 0 Å². The molecule has 2 atom stereocenters. The largest absolute Gasteiger partial charge is 0.456 e. The van der Waals surface area contributed by atoms with Gasteiger partial charge in [0.1, 0.15) is 22.3 Å². The molecule has 4 nitrogen and oxygen atoms in total. The molecule has 104 heavy (non-hydrogen) atoms. The van der Waals surface area contributed by atoms with Crippen LogP contribution in [0.25, 0.3) is 208 Å². The van der Waals surface area contributed by atoms with Crippen molar-refractivity contribution in [2.75, 3.05) is 0 Å². The fourth-order valence-electron chi connectivity index (χ4n) is 18.2. The highest BCUT2D eigenvalue weighted by atomic mass is 16.3. The summed E-state index contributed by atoms with van der Waals surface area (Å²) in [5.41, 5.74) is 26.3. The number of nitrogens with zero attached hydrogens (tertiary/aromatic N) is 2. The van der Waals surface area contributed by atoms with Crippen LogP contribution < -0.4 is 0 Å². The van der Waals surface area contributed by atoms with Crippen LogP contribution in [-0.2, 0) is 0 Å². The number of hydrogen-bond acceptors (Lipinski definition) is 2. The third kappa shape index (κ3) is 8.91. The predicted molar refractivity (Wildman–Crippen MR) is 443 cm³/mol. The molecule has 0 amide bonds. The maximum absolute atomic E-state index is 6.52. The SMILES string of the molecule is CC(C)c1ccc2cc3c(cc2c1)c1cc(-c2ccc(-c4ccc5oc6ccccc6c5c4)cc2)cc2c4cc5cc(C(C)CCC(C)c6ccc7cc8c(cc7c6)c6cc(-c7ccc(-c9cccc%10c9oc9ccccc9%10)cc7)cc7c9cc%10cc(C(C)C)ccc%10cc9n8c76)ccc5cc4n3c12. The third-order valence-corrected chi connectivity index (χ3v) is 24.1. The first-order valence-electron chi connectivity index (χ1n) is 37.3. The lowest BCUT2D eigenvalue weighted by atomic mass is 9.87. The Hall–Kier alpha value is -12.2. The Morgan fingerprint density at radius 2 is 0.596 bits per heavy atom. The molecule has 4 heteroatoms. The van der Waals surface area contributed by atoms with E-state index in [1.54, 1.807) is 0 Å². The van der Waals surface area contributed by atoms with Crippen LogP contribution >= 0.6 is 0 Å². The Morgan fingerprint density at radius 3 is 1.05 bits per heavy atom. The maximum atomic E-state index is 6.52. The fraction of sp³-hybridized carbons (Fsp3) is 0.120. The summed E-state index contributed by atoms with van der Waals surface area (Å²) in [4.78, 5) is 0. The molecule has 494 valence electrons. The van der Waals surface area contributed by atoms with Crippen LogP contribution in [0.2, 0.25) is 0 Å². The van der Waals surface area contributed by atoms with Gasteiger partial charge in [-0.2, -0.15) is 0 Å². The number of benzene rings is 16. The second-order valence-electron chi connectivity index (χ2n) is 30.8. The Labute approximate surface area is 600 Å². The monoisotopic (exact) mass is 1330 g/mol. The fourth-order valence-corrected chi connectivity index (χ4v) is 18.2. The zero-order chi connectivity index (χ0) is 69.1. The number of hydrogen-bond donors (Lipinski definition) is 0. The van der Waals surface area contributed by atoms with Crippen LogP contribution in [0.4, 0.5) is 0 Å². The van der Waals surface area contributed by atoms with Gasteiger partial charge in [0, 0.05) is 70.2 Å². The standard InChI is InChI=1S/C100H72N2O2/c1-55(2)63-28-32-68-51-91-82(43-72(68)38-63)87-47-76(60-22-20-59(21-23-60)67-36-37-97-86(42-67)80-13-8-9-16-95(80)103-97)48-89-84-45-74-40-65(30-34-70(74)53-93(84)101(91)98(87)89)57(5)18-19-58(6)66-31-35-71-54-94-85(46-75(71)41-66)90-50-77(49-88-83-44-73-39-64(56(3)4)29-33-69(73)52-92(83)102(94)99(88)90)61-24-26-62(27-25-61)78-14-11-15-81-79-12-7-10-17-96(79)104-100(78)81/h7-17,20-58H,18-19H2,1-6H3. The molecule has 0 aliphatic heterocycles. The van der Waals surface area contributed by atoms with Crippen molar-refractivity contribution in [3.05, 3.63) is 301 Å². The highest BCUT2D eigenvalue weighted by Crippen LogP contribution is 2.49. The average molecular weight is 1330 g/mol. The minimum Gasteiger partial charge on any atom is -0.456 e. The van der Waals surface area contributed by atoms with Crippen LogP contribution in [0.15, 0.2) is 288 Å². The topological polar surface area (TPSA) is 35.1 Å². The summed E-state index contributed by atoms with van der Waals surface area (Å²) in [6.45, 7) is 14.0. The Balaban J connectivity index is 0.599. The highest BCUT2D eigenvalue weighted by Gasteiger charge is 2.25. The normalized spacial score (nSPS) is 13.3.